The molecule has 1 aliphatic heterocycles. The Morgan fingerprint density at radius 1 is 1.44 bits per heavy atom. The minimum Gasteiger partial charge on any atom is -0.493 e. The topological polar surface area (TPSA) is 57.4 Å². The first-order chi connectivity index (χ1) is 9.94. The van der Waals surface area contributed by atoms with Crippen molar-refractivity contribution in [2.75, 3.05) is 19.4 Å². The first kappa shape index (κ1) is 7.97. The number of nitrogen functional groups attached to an aromatic ring is 1. The van der Waals surface area contributed by atoms with Gasteiger partial charge in [0.25, 0.3) is 0 Å². The Labute approximate surface area is 110 Å². The van der Waals surface area contributed by atoms with Crippen molar-refractivity contribution < 1.29 is 13.6 Å². The number of methoxy groups -OCH3 is 1. The lowest BCUT2D eigenvalue weighted by Crippen LogP contribution is -1.96. The summed E-state index contributed by atoms with van der Waals surface area (Å²) >= 11 is 0. The van der Waals surface area contributed by atoms with Gasteiger partial charge in [-0.1, -0.05) is 0 Å². The molecule has 0 saturated heterocycles. The highest BCUT2D eigenvalue weighted by Crippen LogP contribution is 2.37. The second-order valence-corrected chi connectivity index (χ2v) is 4.09. The molecule has 0 amide bonds. The van der Waals surface area contributed by atoms with Gasteiger partial charge in [0.1, 0.15) is 5.75 Å². The molecular formula is C14H14N2O2. The zero-order chi connectivity index (χ0) is 15.0. The third-order valence-electron chi connectivity index (χ3n) is 3.07. The predicted molar refractivity (Wildman–Crippen MR) is 69.8 cm³/mol. The van der Waals surface area contributed by atoms with Crippen molar-refractivity contribution in [3.63, 3.8) is 0 Å². The number of aromatic nitrogens is 1. The van der Waals surface area contributed by atoms with E-state index >= 15 is 0 Å². The van der Waals surface area contributed by atoms with E-state index in [1.807, 2.05) is 12.1 Å². The Morgan fingerprint density at radius 2 is 2.39 bits per heavy atom. The number of rotatable bonds is 2. The zero-order valence-corrected chi connectivity index (χ0v) is 9.64. The summed E-state index contributed by atoms with van der Waals surface area (Å²) in [5.74, 6) is 0.855. The molecule has 1 aromatic carbocycles. The Morgan fingerprint density at radius 3 is 3.28 bits per heavy atom. The number of fused-ring (bicyclic) bond motifs is 1. The van der Waals surface area contributed by atoms with Crippen molar-refractivity contribution in [3.05, 3.63) is 36.0 Å². The number of nitrogens with two attached hydrogens (primary N) is 1. The lowest BCUT2D eigenvalue weighted by atomic mass is 10.00. The average molecular weight is 245 g/mol. The number of hydrogen-bond donors (Lipinski definition) is 1. The van der Waals surface area contributed by atoms with Crippen molar-refractivity contribution in [3.8, 4) is 22.8 Å². The molecule has 92 valence electrons. The second kappa shape index (κ2) is 4.22. The van der Waals surface area contributed by atoms with Crippen LogP contribution in [0.4, 0.5) is 5.69 Å². The van der Waals surface area contributed by atoms with Gasteiger partial charge >= 0.3 is 0 Å². The molecule has 0 aliphatic carbocycles. The lowest BCUT2D eigenvalue weighted by Gasteiger charge is -2.10. The van der Waals surface area contributed by atoms with Gasteiger partial charge in [-0.25, -0.2) is 4.98 Å². The lowest BCUT2D eigenvalue weighted by molar-refractivity contribution is 0.357. The van der Waals surface area contributed by atoms with Crippen molar-refractivity contribution >= 4 is 5.69 Å². The number of pyridine rings is 1. The molecule has 0 saturated carbocycles. The van der Waals surface area contributed by atoms with Crippen LogP contribution in [0.25, 0.3) is 11.1 Å². The molecule has 4 nitrogen and oxygen atoms in total. The fourth-order valence-electron chi connectivity index (χ4n) is 2.19. The van der Waals surface area contributed by atoms with Crippen LogP contribution in [0.3, 0.4) is 0 Å². The summed E-state index contributed by atoms with van der Waals surface area (Å²) < 4.78 is 31.6. The largest absolute Gasteiger partial charge is 0.493 e. The molecule has 4 heteroatoms. The average Bonchev–Trinajstić information content (AvgIpc) is 2.86. The van der Waals surface area contributed by atoms with Crippen LogP contribution in [0.1, 0.15) is 9.68 Å². The monoisotopic (exact) mass is 245 g/mol. The highest BCUT2D eigenvalue weighted by Gasteiger charge is 2.18. The van der Waals surface area contributed by atoms with Crippen molar-refractivity contribution in [1.82, 2.24) is 4.98 Å². The van der Waals surface area contributed by atoms with E-state index in [2.05, 4.69) is 4.98 Å². The van der Waals surface area contributed by atoms with Crippen LogP contribution in [0.5, 0.6) is 11.6 Å². The van der Waals surface area contributed by atoms with E-state index in [0.717, 1.165) is 28.9 Å². The van der Waals surface area contributed by atoms with E-state index in [9.17, 15) is 0 Å². The number of nitrogens with zero attached hydrogens (tertiary/aromatic N) is 1. The van der Waals surface area contributed by atoms with E-state index in [0.29, 0.717) is 12.3 Å². The normalized spacial score (nSPS) is 16.1. The minimum absolute atomic E-state index is 0.0450. The third kappa shape index (κ3) is 1.66. The molecule has 0 atom stereocenters. The summed E-state index contributed by atoms with van der Waals surface area (Å²) in [6.45, 7) is 0.632. The van der Waals surface area contributed by atoms with E-state index in [1.165, 1.54) is 6.20 Å². The van der Waals surface area contributed by atoms with Crippen LogP contribution < -0.4 is 15.2 Å². The van der Waals surface area contributed by atoms with Gasteiger partial charge in [0, 0.05) is 35.5 Å². The summed E-state index contributed by atoms with van der Waals surface area (Å²) in [6.07, 6.45) is 2.28. The van der Waals surface area contributed by atoms with Gasteiger partial charge in [-0.3, -0.25) is 0 Å². The van der Waals surface area contributed by atoms with Gasteiger partial charge in [-0.05, 0) is 23.8 Å². The molecule has 1 aromatic heterocycles. The fraction of sp³-hybridized carbons (Fsp3) is 0.214. The van der Waals surface area contributed by atoms with E-state index < -0.39 is 7.04 Å². The van der Waals surface area contributed by atoms with Gasteiger partial charge in [-0.15, -0.1) is 0 Å². The number of anilines is 1. The fourth-order valence-corrected chi connectivity index (χ4v) is 2.19. The van der Waals surface area contributed by atoms with Gasteiger partial charge in [0.05, 0.1) is 17.8 Å². The quantitative estimate of drug-likeness (QED) is 0.825. The first-order valence-electron chi connectivity index (χ1n) is 7.14. The van der Waals surface area contributed by atoms with Crippen molar-refractivity contribution in [1.29, 1.82) is 0 Å². The van der Waals surface area contributed by atoms with E-state index in [4.69, 9.17) is 19.3 Å². The van der Waals surface area contributed by atoms with Crippen molar-refractivity contribution in [2.24, 2.45) is 0 Å². The van der Waals surface area contributed by atoms with Crippen LogP contribution in [0.2, 0.25) is 0 Å². The highest BCUT2D eigenvalue weighted by molar-refractivity contribution is 5.81. The zero-order valence-electron chi connectivity index (χ0n) is 12.6. The maximum absolute atomic E-state index is 7.12. The molecular weight excluding hydrogens is 228 g/mol. The van der Waals surface area contributed by atoms with E-state index in [-0.39, 0.29) is 5.88 Å². The highest BCUT2D eigenvalue weighted by atomic mass is 16.5. The van der Waals surface area contributed by atoms with E-state index in [1.54, 1.807) is 12.1 Å². The minimum atomic E-state index is -2.52. The van der Waals surface area contributed by atoms with Gasteiger partial charge in [-0.2, -0.15) is 0 Å². The van der Waals surface area contributed by atoms with Crippen LogP contribution in [-0.4, -0.2) is 18.6 Å². The Balaban J connectivity index is 2.00. The molecule has 0 radical (unpaired) electrons. The molecule has 2 heterocycles. The molecule has 18 heavy (non-hydrogen) atoms. The SMILES string of the molecule is [2H]C([2H])([2H])Oc1cc(-c2ccc3c(c2N)CCO3)ccn1. The van der Waals surface area contributed by atoms with Gasteiger partial charge < -0.3 is 15.2 Å². The number of ether oxygens (including phenoxy) is 2. The molecule has 0 spiro atoms. The molecule has 3 rings (SSSR count). The summed E-state index contributed by atoms with van der Waals surface area (Å²) in [4.78, 5) is 3.90. The summed E-state index contributed by atoms with van der Waals surface area (Å²) in [6, 6.07) is 7.06. The summed E-state index contributed by atoms with van der Waals surface area (Å²) in [5.41, 5.74) is 9.41. The maximum Gasteiger partial charge on any atom is 0.213 e. The standard InChI is InChI=1S/C14H14N2O2/c1-17-13-8-9(4-6-16-13)10-2-3-12-11(14(10)15)5-7-18-12/h2-4,6,8H,5,7,15H2,1H3/i1D3. The molecule has 0 bridgehead atoms. The van der Waals surface area contributed by atoms with Gasteiger partial charge in [0.2, 0.25) is 5.88 Å². The first-order valence-corrected chi connectivity index (χ1v) is 5.64. The number of hydrogen-bond acceptors (Lipinski definition) is 4. The van der Waals surface area contributed by atoms with Crippen LogP contribution in [0.15, 0.2) is 30.5 Å². The Bertz CT molecular complexity index is 686. The maximum atomic E-state index is 7.12. The summed E-state index contributed by atoms with van der Waals surface area (Å²) in [7, 11) is -2.52. The molecule has 0 fully saturated rings. The Kier molecular flexibility index (Phi) is 1.87. The molecule has 0 unspecified atom stereocenters. The number of benzene rings is 1. The van der Waals surface area contributed by atoms with Crippen molar-refractivity contribution in [2.45, 2.75) is 6.42 Å². The van der Waals surface area contributed by atoms with Crippen LogP contribution in [-0.2, 0) is 6.42 Å². The van der Waals surface area contributed by atoms with Gasteiger partial charge in [0.15, 0.2) is 0 Å². The van der Waals surface area contributed by atoms with Crippen LogP contribution in [0, 0.1) is 0 Å². The Hall–Kier alpha value is -2.23. The smallest absolute Gasteiger partial charge is 0.213 e. The summed E-state index contributed by atoms with van der Waals surface area (Å²) in [5, 5.41) is 0. The molecule has 1 aliphatic rings. The predicted octanol–water partition coefficient (Wildman–Crippen LogP) is 2.27. The molecule has 2 aromatic rings. The third-order valence-corrected chi connectivity index (χ3v) is 3.07. The molecule has 2 N–H and O–H groups in total. The second-order valence-electron chi connectivity index (χ2n) is 4.09. The van der Waals surface area contributed by atoms with Crippen LogP contribution >= 0.6 is 0 Å².